The molecule has 1 aromatic carbocycles. The Balaban J connectivity index is 0.000000640. The van der Waals surface area contributed by atoms with Crippen LogP contribution >= 0.6 is 0 Å². The van der Waals surface area contributed by atoms with Gasteiger partial charge < -0.3 is 0 Å². The summed E-state index contributed by atoms with van der Waals surface area (Å²) in [5.41, 5.74) is 2.38. The van der Waals surface area contributed by atoms with Crippen LogP contribution in [0.25, 0.3) is 5.57 Å². The molecule has 9 heavy (non-hydrogen) atoms. The first-order valence-electron chi connectivity index (χ1n) is 2.68. The zero-order chi connectivity index (χ0) is 5.98. The zero-order valence-electron chi connectivity index (χ0n) is 6.02. The number of rotatable bonds is 1. The molecule has 0 amide bonds. The van der Waals surface area contributed by atoms with Crippen LogP contribution in [0.4, 0.5) is 0 Å². The molecule has 0 nitrogen and oxygen atoms in total. The number of hydrogen-bond donors (Lipinski definition) is 0. The fourth-order valence-electron chi connectivity index (χ4n) is 0.659. The SMILES string of the molecule is C=C(C)[c-]1cccc1.[Na+]. The van der Waals surface area contributed by atoms with Gasteiger partial charge in [-0.2, -0.15) is 18.7 Å². The van der Waals surface area contributed by atoms with E-state index in [9.17, 15) is 0 Å². The van der Waals surface area contributed by atoms with E-state index in [1.807, 2.05) is 19.1 Å². The summed E-state index contributed by atoms with van der Waals surface area (Å²) in [6.07, 6.45) is 0. The van der Waals surface area contributed by atoms with Crippen LogP contribution in [-0.2, 0) is 0 Å². The topological polar surface area (TPSA) is 0 Å². The molecule has 1 aromatic rings. The Morgan fingerprint density at radius 1 is 1.33 bits per heavy atom. The maximum atomic E-state index is 3.80. The maximum Gasteiger partial charge on any atom is 1.00 e. The first-order chi connectivity index (χ1) is 3.80. The van der Waals surface area contributed by atoms with Crippen molar-refractivity contribution >= 4 is 5.57 Å². The van der Waals surface area contributed by atoms with Crippen LogP contribution in [0, 0.1) is 0 Å². The molecule has 0 unspecified atom stereocenters. The van der Waals surface area contributed by atoms with Gasteiger partial charge >= 0.3 is 29.6 Å². The second kappa shape index (κ2) is 3.99. The maximum absolute atomic E-state index is 3.80. The van der Waals surface area contributed by atoms with E-state index in [-0.39, 0.29) is 29.6 Å². The summed E-state index contributed by atoms with van der Waals surface area (Å²) in [7, 11) is 0. The number of hydrogen-bond acceptors (Lipinski definition) is 0. The molecule has 0 saturated heterocycles. The molecule has 0 saturated carbocycles. The van der Waals surface area contributed by atoms with E-state index in [4.69, 9.17) is 0 Å². The first kappa shape index (κ1) is 9.09. The Hall–Kier alpha value is 0.0900. The van der Waals surface area contributed by atoms with Crippen molar-refractivity contribution in [1.29, 1.82) is 0 Å². The summed E-state index contributed by atoms with van der Waals surface area (Å²) in [6, 6.07) is 8.15. The van der Waals surface area contributed by atoms with Gasteiger partial charge in [0.2, 0.25) is 0 Å². The van der Waals surface area contributed by atoms with Crippen molar-refractivity contribution in [3.05, 3.63) is 36.4 Å². The van der Waals surface area contributed by atoms with Crippen LogP contribution in [0.3, 0.4) is 0 Å². The molecule has 0 radical (unpaired) electrons. The Bertz CT molecular complexity index is 172. The number of allylic oxidation sites excluding steroid dienone is 1. The van der Waals surface area contributed by atoms with E-state index in [1.54, 1.807) is 0 Å². The van der Waals surface area contributed by atoms with Gasteiger partial charge in [0.1, 0.15) is 0 Å². The molecule has 42 valence electrons. The van der Waals surface area contributed by atoms with Gasteiger partial charge in [-0.05, 0) is 0 Å². The van der Waals surface area contributed by atoms with Crippen LogP contribution in [0.5, 0.6) is 0 Å². The molecule has 0 aliphatic rings. The summed E-state index contributed by atoms with van der Waals surface area (Å²) >= 11 is 0. The molecular weight excluding hydrogens is 119 g/mol. The van der Waals surface area contributed by atoms with Gasteiger partial charge in [-0.3, -0.25) is 0 Å². The molecular formula is C8H9Na. The molecule has 0 spiro atoms. The van der Waals surface area contributed by atoms with E-state index in [0.717, 1.165) is 5.57 Å². The third-order valence-electron chi connectivity index (χ3n) is 1.16. The van der Waals surface area contributed by atoms with E-state index in [0.29, 0.717) is 0 Å². The van der Waals surface area contributed by atoms with Gasteiger partial charge in [0, 0.05) is 0 Å². The average Bonchev–Trinajstić information content (AvgIpc) is 2.12. The second-order valence-corrected chi connectivity index (χ2v) is 1.95. The van der Waals surface area contributed by atoms with Crippen LogP contribution in [0.2, 0.25) is 0 Å². The molecule has 1 rings (SSSR count). The normalized spacial score (nSPS) is 8.11. The van der Waals surface area contributed by atoms with E-state index in [1.165, 1.54) is 5.56 Å². The summed E-state index contributed by atoms with van der Waals surface area (Å²) in [6.45, 7) is 5.81. The van der Waals surface area contributed by atoms with Crippen molar-refractivity contribution in [3.63, 3.8) is 0 Å². The fraction of sp³-hybridized carbons (Fsp3) is 0.125. The smallest absolute Gasteiger partial charge is 0.174 e. The molecule has 0 aromatic heterocycles. The third kappa shape index (κ3) is 2.44. The summed E-state index contributed by atoms with van der Waals surface area (Å²) in [4.78, 5) is 0. The summed E-state index contributed by atoms with van der Waals surface area (Å²) in [5.74, 6) is 0. The standard InChI is InChI=1S/C8H9.Na/c1-7(2)8-5-3-4-6-8;/h3-6H,1H2,2H3;/q-1;+1. The van der Waals surface area contributed by atoms with Gasteiger partial charge in [0.25, 0.3) is 0 Å². The van der Waals surface area contributed by atoms with Gasteiger partial charge in [-0.1, -0.05) is 6.92 Å². The second-order valence-electron chi connectivity index (χ2n) is 1.95. The Kier molecular flexibility index (Phi) is 4.03. The monoisotopic (exact) mass is 128 g/mol. The Morgan fingerprint density at radius 2 is 1.78 bits per heavy atom. The molecule has 0 fully saturated rings. The van der Waals surface area contributed by atoms with Crippen molar-refractivity contribution in [1.82, 2.24) is 0 Å². The minimum atomic E-state index is 0. The molecule has 0 atom stereocenters. The molecule has 0 N–H and O–H groups in total. The van der Waals surface area contributed by atoms with Crippen molar-refractivity contribution in [3.8, 4) is 0 Å². The largest absolute Gasteiger partial charge is 1.00 e. The van der Waals surface area contributed by atoms with Crippen molar-refractivity contribution in [2.75, 3.05) is 0 Å². The Labute approximate surface area is 78.2 Å². The van der Waals surface area contributed by atoms with Crippen molar-refractivity contribution in [2.24, 2.45) is 0 Å². The Morgan fingerprint density at radius 3 is 2.00 bits per heavy atom. The predicted molar refractivity (Wildman–Crippen MR) is 36.7 cm³/mol. The van der Waals surface area contributed by atoms with Crippen LogP contribution in [0.15, 0.2) is 30.8 Å². The summed E-state index contributed by atoms with van der Waals surface area (Å²) < 4.78 is 0. The molecule has 0 heterocycles. The van der Waals surface area contributed by atoms with Crippen molar-refractivity contribution < 1.29 is 29.6 Å². The summed E-state index contributed by atoms with van der Waals surface area (Å²) in [5, 5.41) is 0. The zero-order valence-corrected chi connectivity index (χ0v) is 8.02. The van der Waals surface area contributed by atoms with Gasteiger partial charge in [-0.15, -0.1) is 23.3 Å². The van der Waals surface area contributed by atoms with Crippen molar-refractivity contribution in [2.45, 2.75) is 6.92 Å². The fourth-order valence-corrected chi connectivity index (χ4v) is 0.659. The van der Waals surface area contributed by atoms with Gasteiger partial charge in [0.15, 0.2) is 0 Å². The van der Waals surface area contributed by atoms with E-state index < -0.39 is 0 Å². The third-order valence-corrected chi connectivity index (χ3v) is 1.16. The minimum absolute atomic E-state index is 0. The van der Waals surface area contributed by atoms with Crippen LogP contribution < -0.4 is 29.6 Å². The molecule has 1 heteroatoms. The first-order valence-corrected chi connectivity index (χ1v) is 2.68. The van der Waals surface area contributed by atoms with Gasteiger partial charge in [-0.25, -0.2) is 0 Å². The predicted octanol–water partition coefficient (Wildman–Crippen LogP) is -0.557. The average molecular weight is 128 g/mol. The minimum Gasteiger partial charge on any atom is -0.174 e. The van der Waals surface area contributed by atoms with Crippen LogP contribution in [-0.4, -0.2) is 0 Å². The van der Waals surface area contributed by atoms with E-state index >= 15 is 0 Å². The quantitative estimate of drug-likeness (QED) is 0.351. The molecule has 0 bridgehead atoms. The van der Waals surface area contributed by atoms with Crippen LogP contribution in [0.1, 0.15) is 12.5 Å². The molecule has 0 aliphatic heterocycles. The van der Waals surface area contributed by atoms with Gasteiger partial charge in [0.05, 0.1) is 0 Å². The van der Waals surface area contributed by atoms with E-state index in [2.05, 4.69) is 18.7 Å². The molecule has 0 aliphatic carbocycles.